The second-order valence-corrected chi connectivity index (χ2v) is 8.02. The van der Waals surface area contributed by atoms with Gasteiger partial charge in [-0.2, -0.15) is 0 Å². The van der Waals surface area contributed by atoms with Crippen LogP contribution in [0.5, 0.6) is 0 Å². The third kappa shape index (κ3) is 5.32. The maximum atomic E-state index is 13.0. The maximum absolute atomic E-state index is 13.0. The first-order chi connectivity index (χ1) is 14.9. The van der Waals surface area contributed by atoms with E-state index < -0.39 is 0 Å². The fraction of sp³-hybridized carbons (Fsp3) is 0.400. The number of likely N-dealkylation sites (N-methyl/N-ethyl adjacent to an activating group) is 1. The smallest absolute Gasteiger partial charge is 0.242 e. The molecule has 0 spiro atoms. The normalized spacial score (nSPS) is 12.2. The van der Waals surface area contributed by atoms with E-state index in [-0.39, 0.29) is 30.3 Å². The van der Waals surface area contributed by atoms with E-state index in [4.69, 9.17) is 4.98 Å². The van der Waals surface area contributed by atoms with Crippen LogP contribution >= 0.6 is 0 Å². The molecule has 6 heteroatoms. The summed E-state index contributed by atoms with van der Waals surface area (Å²) in [6.07, 6.45) is 1.60. The van der Waals surface area contributed by atoms with E-state index in [9.17, 15) is 9.59 Å². The van der Waals surface area contributed by atoms with E-state index in [0.29, 0.717) is 12.4 Å². The molecule has 164 valence electrons. The summed E-state index contributed by atoms with van der Waals surface area (Å²) in [5.41, 5.74) is 2.79. The van der Waals surface area contributed by atoms with Gasteiger partial charge in [0.2, 0.25) is 11.8 Å². The molecule has 0 aliphatic carbocycles. The molecule has 0 bridgehead atoms. The van der Waals surface area contributed by atoms with Crippen molar-refractivity contribution in [2.24, 2.45) is 5.92 Å². The van der Waals surface area contributed by atoms with Gasteiger partial charge in [-0.1, -0.05) is 56.3 Å². The predicted octanol–water partition coefficient (Wildman–Crippen LogP) is 4.31. The van der Waals surface area contributed by atoms with Crippen molar-refractivity contribution in [2.75, 3.05) is 7.05 Å². The first kappa shape index (κ1) is 22.5. The van der Waals surface area contributed by atoms with Crippen LogP contribution in [0.25, 0.3) is 11.0 Å². The Morgan fingerprint density at radius 1 is 1.03 bits per heavy atom. The number of carbonyl (C=O) groups is 2. The van der Waals surface area contributed by atoms with Crippen LogP contribution in [0.2, 0.25) is 0 Å². The summed E-state index contributed by atoms with van der Waals surface area (Å²) in [6.45, 7) is 6.69. The van der Waals surface area contributed by atoms with Gasteiger partial charge in [-0.3, -0.25) is 9.59 Å². The van der Waals surface area contributed by atoms with Crippen LogP contribution in [0.3, 0.4) is 0 Å². The molecule has 2 aromatic carbocycles. The fourth-order valence-corrected chi connectivity index (χ4v) is 3.85. The lowest BCUT2D eigenvalue weighted by Crippen LogP contribution is -2.35. The highest BCUT2D eigenvalue weighted by molar-refractivity contribution is 5.82. The number of hydrogen-bond acceptors (Lipinski definition) is 3. The Balaban J connectivity index is 1.83. The van der Waals surface area contributed by atoms with Crippen molar-refractivity contribution in [1.82, 2.24) is 19.8 Å². The highest BCUT2D eigenvalue weighted by Crippen LogP contribution is 2.22. The standard InChI is InChI=1S/C25H32N4O2/c1-5-20(6-2)25(31)26-18(3)24-27-21-14-10-11-15-22(21)29(24)17-23(30)28(4)16-19-12-8-7-9-13-19/h7-15,18,20H,5-6,16-17H2,1-4H3,(H,26,31). The number of amides is 2. The minimum absolute atomic E-state index is 0.00762. The first-order valence-electron chi connectivity index (χ1n) is 11.0. The number of hydrogen-bond donors (Lipinski definition) is 1. The lowest BCUT2D eigenvalue weighted by atomic mass is 10.0. The highest BCUT2D eigenvalue weighted by Gasteiger charge is 2.23. The summed E-state index contributed by atoms with van der Waals surface area (Å²) in [7, 11) is 1.81. The van der Waals surface area contributed by atoms with E-state index in [0.717, 1.165) is 29.4 Å². The molecule has 6 nitrogen and oxygen atoms in total. The highest BCUT2D eigenvalue weighted by atomic mass is 16.2. The average molecular weight is 421 g/mol. The molecule has 1 N–H and O–H groups in total. The summed E-state index contributed by atoms with van der Waals surface area (Å²) >= 11 is 0. The largest absolute Gasteiger partial charge is 0.346 e. The molecular weight excluding hydrogens is 388 g/mol. The third-order valence-electron chi connectivity index (χ3n) is 5.77. The molecule has 1 atom stereocenters. The second kappa shape index (κ2) is 10.2. The van der Waals surface area contributed by atoms with Crippen molar-refractivity contribution < 1.29 is 9.59 Å². The molecule has 1 heterocycles. The Labute approximate surface area is 184 Å². The predicted molar refractivity (Wildman–Crippen MR) is 123 cm³/mol. The molecule has 1 aromatic heterocycles. The number of aromatic nitrogens is 2. The second-order valence-electron chi connectivity index (χ2n) is 8.02. The summed E-state index contributed by atoms with van der Waals surface area (Å²) in [6, 6.07) is 17.4. The van der Waals surface area contributed by atoms with Crippen LogP contribution < -0.4 is 5.32 Å². The Kier molecular flexibility index (Phi) is 7.45. The van der Waals surface area contributed by atoms with E-state index in [2.05, 4.69) is 5.32 Å². The number of imidazole rings is 1. The van der Waals surface area contributed by atoms with E-state index in [1.54, 1.807) is 4.90 Å². The van der Waals surface area contributed by atoms with Crippen LogP contribution in [0.4, 0.5) is 0 Å². The van der Waals surface area contributed by atoms with Gasteiger partial charge >= 0.3 is 0 Å². The molecule has 0 saturated carbocycles. The number of rotatable bonds is 9. The molecule has 2 amide bonds. The first-order valence-corrected chi connectivity index (χ1v) is 11.0. The molecule has 3 rings (SSSR count). The zero-order valence-electron chi connectivity index (χ0n) is 18.8. The molecule has 0 radical (unpaired) electrons. The lowest BCUT2D eigenvalue weighted by Gasteiger charge is -2.21. The van der Waals surface area contributed by atoms with Crippen molar-refractivity contribution in [2.45, 2.75) is 52.7 Å². The van der Waals surface area contributed by atoms with Crippen molar-refractivity contribution in [3.63, 3.8) is 0 Å². The van der Waals surface area contributed by atoms with Crippen molar-refractivity contribution in [1.29, 1.82) is 0 Å². The Bertz CT molecular complexity index is 1020. The third-order valence-corrected chi connectivity index (χ3v) is 5.77. The molecule has 0 aliphatic rings. The van der Waals surface area contributed by atoms with Gasteiger partial charge in [0.1, 0.15) is 12.4 Å². The molecule has 0 saturated heterocycles. The average Bonchev–Trinajstić information content (AvgIpc) is 3.14. The number of para-hydroxylation sites is 2. The molecule has 1 unspecified atom stereocenters. The van der Waals surface area contributed by atoms with Gasteiger partial charge < -0.3 is 14.8 Å². The van der Waals surface area contributed by atoms with Crippen LogP contribution in [-0.2, 0) is 22.7 Å². The van der Waals surface area contributed by atoms with Gasteiger partial charge in [0.15, 0.2) is 0 Å². The minimum atomic E-state index is -0.298. The number of carbonyl (C=O) groups excluding carboxylic acids is 2. The minimum Gasteiger partial charge on any atom is -0.346 e. The van der Waals surface area contributed by atoms with Gasteiger partial charge in [-0.15, -0.1) is 0 Å². The zero-order valence-corrected chi connectivity index (χ0v) is 18.8. The van der Waals surface area contributed by atoms with Gasteiger partial charge in [-0.05, 0) is 37.5 Å². The quantitative estimate of drug-likeness (QED) is 0.561. The SMILES string of the molecule is CCC(CC)C(=O)NC(C)c1nc2ccccc2n1CC(=O)N(C)Cc1ccccc1. The summed E-state index contributed by atoms with van der Waals surface area (Å²) in [5.74, 6) is 0.705. The van der Waals surface area contributed by atoms with E-state index in [1.165, 1.54) is 0 Å². The van der Waals surface area contributed by atoms with Gasteiger partial charge in [0.05, 0.1) is 17.1 Å². The van der Waals surface area contributed by atoms with Crippen molar-refractivity contribution in [3.8, 4) is 0 Å². The number of benzene rings is 2. The number of nitrogens with zero attached hydrogens (tertiary/aromatic N) is 3. The lowest BCUT2D eigenvalue weighted by molar-refractivity contribution is -0.131. The van der Waals surface area contributed by atoms with E-state index >= 15 is 0 Å². The van der Waals surface area contributed by atoms with Gasteiger partial charge in [0.25, 0.3) is 0 Å². The zero-order chi connectivity index (χ0) is 22.4. The summed E-state index contributed by atoms with van der Waals surface area (Å²) < 4.78 is 1.93. The van der Waals surface area contributed by atoms with E-state index in [1.807, 2.05) is 87.0 Å². The van der Waals surface area contributed by atoms with Gasteiger partial charge in [0, 0.05) is 19.5 Å². The maximum Gasteiger partial charge on any atom is 0.242 e. The van der Waals surface area contributed by atoms with Crippen LogP contribution in [0.15, 0.2) is 54.6 Å². The van der Waals surface area contributed by atoms with Crippen LogP contribution in [0, 0.1) is 5.92 Å². The topological polar surface area (TPSA) is 67.2 Å². The molecule has 0 fully saturated rings. The van der Waals surface area contributed by atoms with Gasteiger partial charge in [-0.25, -0.2) is 4.98 Å². The summed E-state index contributed by atoms with van der Waals surface area (Å²) in [5, 5.41) is 3.09. The fourth-order valence-electron chi connectivity index (χ4n) is 3.85. The molecular formula is C25H32N4O2. The molecule has 3 aromatic rings. The summed E-state index contributed by atoms with van der Waals surface area (Å²) in [4.78, 5) is 32.1. The number of nitrogens with one attached hydrogen (secondary N) is 1. The number of fused-ring (bicyclic) bond motifs is 1. The Morgan fingerprint density at radius 2 is 1.68 bits per heavy atom. The molecule has 31 heavy (non-hydrogen) atoms. The monoisotopic (exact) mass is 420 g/mol. The van der Waals surface area contributed by atoms with Crippen molar-refractivity contribution in [3.05, 3.63) is 66.0 Å². The Morgan fingerprint density at radius 3 is 2.35 bits per heavy atom. The Hall–Kier alpha value is -3.15. The van der Waals surface area contributed by atoms with Crippen LogP contribution in [-0.4, -0.2) is 33.3 Å². The van der Waals surface area contributed by atoms with Crippen molar-refractivity contribution >= 4 is 22.8 Å². The van der Waals surface area contributed by atoms with Crippen LogP contribution in [0.1, 0.15) is 51.0 Å². The molecule has 0 aliphatic heterocycles.